The Morgan fingerprint density at radius 1 is 1.16 bits per heavy atom. The second kappa shape index (κ2) is 6.84. The number of nitrogens with one attached hydrogen (secondary N) is 1. The molecule has 0 spiro atoms. The molecule has 0 unspecified atom stereocenters. The van der Waals surface area contributed by atoms with E-state index in [1.54, 1.807) is 31.4 Å². The molecule has 1 amide bonds. The Morgan fingerprint density at radius 3 is 2.56 bits per heavy atom. The molecule has 2 heterocycles. The summed E-state index contributed by atoms with van der Waals surface area (Å²) in [5.74, 6) is 0.516. The van der Waals surface area contributed by atoms with Gasteiger partial charge in [0, 0.05) is 49.7 Å². The van der Waals surface area contributed by atoms with E-state index in [0.717, 1.165) is 27.7 Å². The first-order valence-electron chi connectivity index (χ1n) is 8.10. The third-order valence-electron chi connectivity index (χ3n) is 4.02. The van der Waals surface area contributed by atoms with Crippen LogP contribution in [-0.4, -0.2) is 39.9 Å². The number of anilines is 1. The first-order chi connectivity index (χ1) is 12.0. The normalized spacial score (nSPS) is 10.7. The van der Waals surface area contributed by atoms with Crippen LogP contribution in [0.25, 0.3) is 10.9 Å². The second-order valence-electron chi connectivity index (χ2n) is 6.16. The maximum absolute atomic E-state index is 13.0. The van der Waals surface area contributed by atoms with E-state index in [0.29, 0.717) is 18.1 Å². The van der Waals surface area contributed by atoms with Crippen molar-refractivity contribution >= 4 is 22.8 Å². The molecule has 0 atom stereocenters. The summed E-state index contributed by atoms with van der Waals surface area (Å²) < 4.78 is 0. The molecule has 25 heavy (non-hydrogen) atoms. The van der Waals surface area contributed by atoms with Gasteiger partial charge in [-0.25, -0.2) is 9.97 Å². The predicted octanol–water partition coefficient (Wildman–Crippen LogP) is 2.96. The van der Waals surface area contributed by atoms with E-state index >= 15 is 0 Å². The Labute approximate surface area is 146 Å². The van der Waals surface area contributed by atoms with Gasteiger partial charge in [-0.05, 0) is 32.0 Å². The molecular weight excluding hydrogens is 314 g/mol. The molecule has 0 bridgehead atoms. The molecule has 0 saturated heterocycles. The fourth-order valence-corrected chi connectivity index (χ4v) is 2.77. The van der Waals surface area contributed by atoms with Gasteiger partial charge in [0.15, 0.2) is 0 Å². The molecule has 0 aliphatic carbocycles. The summed E-state index contributed by atoms with van der Waals surface area (Å²) in [5, 5.41) is 3.76. The first-order valence-corrected chi connectivity index (χ1v) is 8.10. The van der Waals surface area contributed by atoms with Crippen LogP contribution >= 0.6 is 0 Å². The van der Waals surface area contributed by atoms with Crippen LogP contribution in [0.1, 0.15) is 27.2 Å². The summed E-state index contributed by atoms with van der Waals surface area (Å²) in [4.78, 5) is 27.6. The predicted molar refractivity (Wildman–Crippen MR) is 98.6 cm³/mol. The van der Waals surface area contributed by atoms with Crippen LogP contribution in [0.5, 0.6) is 0 Å². The summed E-state index contributed by atoms with van der Waals surface area (Å²) in [6, 6.07) is 7.82. The van der Waals surface area contributed by atoms with Crippen LogP contribution in [0.15, 0.2) is 36.7 Å². The number of carbonyl (C=O) groups is 1. The second-order valence-corrected chi connectivity index (χ2v) is 6.16. The molecule has 6 nitrogen and oxygen atoms in total. The van der Waals surface area contributed by atoms with Crippen molar-refractivity contribution in [3.8, 4) is 0 Å². The van der Waals surface area contributed by atoms with Gasteiger partial charge in [-0.3, -0.25) is 9.78 Å². The standard InChI is InChI=1S/C19H21N5O/c1-12-5-6-17-15(7-12)16(8-13(2)23-17)18(25)24(4)11-14-9-21-19(20-3)22-10-14/h5-10H,11H2,1-4H3,(H,20,21,22). The fraction of sp³-hybridized carbons (Fsp3) is 0.263. The Balaban J connectivity index is 1.91. The summed E-state index contributed by atoms with van der Waals surface area (Å²) in [6.07, 6.45) is 3.45. The van der Waals surface area contributed by atoms with Crippen LogP contribution in [0.4, 0.5) is 5.95 Å². The van der Waals surface area contributed by atoms with Crippen molar-refractivity contribution in [3.05, 3.63) is 59.0 Å². The monoisotopic (exact) mass is 335 g/mol. The molecule has 0 saturated carbocycles. The van der Waals surface area contributed by atoms with Gasteiger partial charge in [-0.15, -0.1) is 0 Å². The number of nitrogens with zero attached hydrogens (tertiary/aromatic N) is 4. The molecule has 0 fully saturated rings. The fourth-order valence-electron chi connectivity index (χ4n) is 2.77. The molecule has 3 aromatic rings. The highest BCUT2D eigenvalue weighted by Crippen LogP contribution is 2.21. The molecule has 128 valence electrons. The van der Waals surface area contributed by atoms with Crippen molar-refractivity contribution in [3.63, 3.8) is 0 Å². The van der Waals surface area contributed by atoms with Gasteiger partial charge in [0.05, 0.1) is 11.1 Å². The van der Waals surface area contributed by atoms with Crippen LogP contribution < -0.4 is 5.32 Å². The zero-order valence-electron chi connectivity index (χ0n) is 14.9. The van der Waals surface area contributed by atoms with Gasteiger partial charge < -0.3 is 10.2 Å². The van der Waals surface area contributed by atoms with Crippen LogP contribution in [-0.2, 0) is 6.54 Å². The van der Waals surface area contributed by atoms with Crippen molar-refractivity contribution in [2.24, 2.45) is 0 Å². The molecule has 0 aliphatic rings. The van der Waals surface area contributed by atoms with E-state index < -0.39 is 0 Å². The lowest BCUT2D eigenvalue weighted by molar-refractivity contribution is 0.0786. The van der Waals surface area contributed by atoms with Gasteiger partial charge in [0.1, 0.15) is 0 Å². The Hall–Kier alpha value is -3.02. The third-order valence-corrected chi connectivity index (χ3v) is 4.02. The molecule has 0 aliphatic heterocycles. The van der Waals surface area contributed by atoms with Gasteiger partial charge in [0.2, 0.25) is 5.95 Å². The lowest BCUT2D eigenvalue weighted by Crippen LogP contribution is -2.26. The van der Waals surface area contributed by atoms with Gasteiger partial charge in [-0.1, -0.05) is 11.6 Å². The number of hydrogen-bond acceptors (Lipinski definition) is 5. The number of hydrogen-bond donors (Lipinski definition) is 1. The van der Waals surface area contributed by atoms with E-state index in [2.05, 4.69) is 20.3 Å². The third kappa shape index (κ3) is 3.57. The summed E-state index contributed by atoms with van der Waals surface area (Å²) in [5.41, 5.74) is 4.31. The Bertz CT molecular complexity index is 921. The molecule has 3 rings (SSSR count). The molecular formula is C19H21N5O. The number of rotatable bonds is 4. The minimum atomic E-state index is -0.0428. The van der Waals surface area contributed by atoms with Crippen molar-refractivity contribution in [1.82, 2.24) is 19.9 Å². The molecule has 0 radical (unpaired) electrons. The highest BCUT2D eigenvalue weighted by atomic mass is 16.2. The lowest BCUT2D eigenvalue weighted by Gasteiger charge is -2.18. The number of pyridine rings is 1. The van der Waals surface area contributed by atoms with E-state index in [1.165, 1.54) is 0 Å². The number of benzene rings is 1. The minimum Gasteiger partial charge on any atom is -0.357 e. The average Bonchev–Trinajstić information content (AvgIpc) is 2.61. The van der Waals surface area contributed by atoms with Crippen molar-refractivity contribution < 1.29 is 4.79 Å². The molecule has 2 aromatic heterocycles. The molecule has 6 heteroatoms. The number of aromatic nitrogens is 3. The Morgan fingerprint density at radius 2 is 1.88 bits per heavy atom. The number of fused-ring (bicyclic) bond motifs is 1. The number of aryl methyl sites for hydroxylation is 2. The van der Waals surface area contributed by atoms with Gasteiger partial charge in [-0.2, -0.15) is 0 Å². The average molecular weight is 335 g/mol. The van der Waals surface area contributed by atoms with Crippen LogP contribution in [0, 0.1) is 13.8 Å². The van der Waals surface area contributed by atoms with E-state index in [4.69, 9.17) is 0 Å². The van der Waals surface area contributed by atoms with Crippen molar-refractivity contribution in [2.75, 3.05) is 19.4 Å². The Kier molecular flexibility index (Phi) is 4.61. The zero-order chi connectivity index (χ0) is 18.0. The summed E-state index contributed by atoms with van der Waals surface area (Å²) >= 11 is 0. The summed E-state index contributed by atoms with van der Waals surface area (Å²) in [6.45, 7) is 4.36. The largest absolute Gasteiger partial charge is 0.357 e. The van der Waals surface area contributed by atoms with E-state index in [9.17, 15) is 4.79 Å². The maximum atomic E-state index is 13.0. The zero-order valence-corrected chi connectivity index (χ0v) is 14.9. The minimum absolute atomic E-state index is 0.0428. The summed E-state index contributed by atoms with van der Waals surface area (Å²) in [7, 11) is 3.55. The van der Waals surface area contributed by atoms with Crippen molar-refractivity contribution in [1.29, 1.82) is 0 Å². The van der Waals surface area contributed by atoms with Gasteiger partial charge in [0.25, 0.3) is 5.91 Å². The quantitative estimate of drug-likeness (QED) is 0.794. The highest BCUT2D eigenvalue weighted by molar-refractivity contribution is 6.06. The smallest absolute Gasteiger partial charge is 0.254 e. The lowest BCUT2D eigenvalue weighted by atomic mass is 10.0. The number of amides is 1. The molecule has 1 aromatic carbocycles. The topological polar surface area (TPSA) is 71.0 Å². The maximum Gasteiger partial charge on any atom is 0.254 e. The SMILES string of the molecule is CNc1ncc(CN(C)C(=O)c2cc(C)nc3ccc(C)cc23)cn1. The highest BCUT2D eigenvalue weighted by Gasteiger charge is 2.17. The van der Waals surface area contributed by atoms with E-state index in [1.807, 2.05) is 38.1 Å². The van der Waals surface area contributed by atoms with Crippen LogP contribution in [0.3, 0.4) is 0 Å². The van der Waals surface area contributed by atoms with Crippen LogP contribution in [0.2, 0.25) is 0 Å². The van der Waals surface area contributed by atoms with Crippen molar-refractivity contribution in [2.45, 2.75) is 20.4 Å². The first kappa shape index (κ1) is 16.8. The molecule has 1 N–H and O–H groups in total. The number of carbonyl (C=O) groups excluding carboxylic acids is 1. The van der Waals surface area contributed by atoms with E-state index in [-0.39, 0.29) is 5.91 Å². The van der Waals surface area contributed by atoms with Gasteiger partial charge >= 0.3 is 0 Å².